The fourth-order valence-corrected chi connectivity index (χ4v) is 4.44. The van der Waals surface area contributed by atoms with Gasteiger partial charge in [-0.2, -0.15) is 4.98 Å². The molecule has 5 nitrogen and oxygen atoms in total. The number of thiophene rings is 1. The summed E-state index contributed by atoms with van der Waals surface area (Å²) in [4.78, 5) is 5.24. The van der Waals surface area contributed by atoms with E-state index in [4.69, 9.17) is 4.42 Å². The Kier molecular flexibility index (Phi) is 4.89. The van der Waals surface area contributed by atoms with Crippen LogP contribution in [0.2, 0.25) is 0 Å². The average molecular weight is 396 g/mol. The van der Waals surface area contributed by atoms with Gasteiger partial charge in [0.2, 0.25) is 10.9 Å². The molecule has 2 aromatic heterocycles. The molecule has 0 saturated carbocycles. The quantitative estimate of drug-likeness (QED) is 0.519. The minimum absolute atomic E-state index is 0.107. The molecule has 1 N–H and O–H groups in total. The lowest BCUT2D eigenvalue weighted by molar-refractivity contribution is 0.572. The highest BCUT2D eigenvalue weighted by Crippen LogP contribution is 2.32. The van der Waals surface area contributed by atoms with Gasteiger partial charge in [0.25, 0.3) is 10.0 Å². The van der Waals surface area contributed by atoms with E-state index in [9.17, 15) is 8.42 Å². The number of benzene rings is 2. The number of nitrogens with zero attached hydrogens (tertiary/aromatic N) is 1. The van der Waals surface area contributed by atoms with E-state index in [0.29, 0.717) is 5.56 Å². The lowest BCUT2D eigenvalue weighted by atomic mass is 10.2. The highest BCUT2D eigenvalue weighted by molar-refractivity contribution is 7.89. The summed E-state index contributed by atoms with van der Waals surface area (Å²) in [6.07, 6.45) is 0. The summed E-state index contributed by atoms with van der Waals surface area (Å²) in [7, 11) is -3.85. The van der Waals surface area contributed by atoms with Gasteiger partial charge < -0.3 is 4.42 Å². The molecule has 0 fully saturated rings. The van der Waals surface area contributed by atoms with Gasteiger partial charge in [-0.1, -0.05) is 54.6 Å². The normalized spacial score (nSPS) is 11.6. The second kappa shape index (κ2) is 7.48. The topological polar surface area (TPSA) is 72.2 Å². The number of aromatic nitrogens is 1. The van der Waals surface area contributed by atoms with Crippen molar-refractivity contribution in [2.24, 2.45) is 0 Å². The van der Waals surface area contributed by atoms with Crippen molar-refractivity contribution in [3.05, 3.63) is 83.1 Å². The molecule has 4 rings (SSSR count). The first-order chi connectivity index (χ1) is 13.1. The van der Waals surface area contributed by atoms with Crippen molar-refractivity contribution >= 4 is 21.4 Å². The van der Waals surface area contributed by atoms with Crippen molar-refractivity contribution in [3.8, 4) is 22.8 Å². The molecular weight excluding hydrogens is 380 g/mol. The third-order valence-electron chi connectivity index (χ3n) is 3.92. The van der Waals surface area contributed by atoms with E-state index >= 15 is 0 Å². The van der Waals surface area contributed by atoms with Crippen LogP contribution >= 0.6 is 11.3 Å². The zero-order valence-corrected chi connectivity index (χ0v) is 15.8. The molecule has 2 aromatic carbocycles. The maximum Gasteiger partial charge on any atom is 0.262 e. The number of sulfonamides is 1. The van der Waals surface area contributed by atoms with Gasteiger partial charge in [-0.05, 0) is 23.6 Å². The van der Waals surface area contributed by atoms with Gasteiger partial charge in [0.15, 0.2) is 5.76 Å². The van der Waals surface area contributed by atoms with Gasteiger partial charge in [-0.15, -0.1) is 11.3 Å². The fraction of sp³-hybridized carbons (Fsp3) is 0.0500. The third-order valence-corrected chi connectivity index (χ3v) is 6.11. The summed E-state index contributed by atoms with van der Waals surface area (Å²) in [5.41, 5.74) is 1.37. The van der Waals surface area contributed by atoms with Crippen LogP contribution in [0.4, 0.5) is 0 Å². The number of nitrogens with one attached hydrogen (secondary N) is 1. The Hall–Kier alpha value is -2.74. The van der Waals surface area contributed by atoms with Crippen molar-refractivity contribution in [1.82, 2.24) is 9.71 Å². The first-order valence-corrected chi connectivity index (χ1v) is 10.6. The van der Waals surface area contributed by atoms with Crippen molar-refractivity contribution in [2.75, 3.05) is 0 Å². The number of rotatable bonds is 6. The largest absolute Gasteiger partial charge is 0.435 e. The predicted molar refractivity (Wildman–Crippen MR) is 106 cm³/mol. The van der Waals surface area contributed by atoms with E-state index in [2.05, 4.69) is 9.71 Å². The minimum Gasteiger partial charge on any atom is -0.435 e. The predicted octanol–water partition coefficient (Wildman–Crippen LogP) is 4.55. The van der Waals surface area contributed by atoms with Crippen LogP contribution in [0, 0.1) is 0 Å². The van der Waals surface area contributed by atoms with Crippen molar-refractivity contribution in [1.29, 1.82) is 0 Å². The summed E-state index contributed by atoms with van der Waals surface area (Å²) < 4.78 is 34.4. The molecule has 0 aliphatic rings. The van der Waals surface area contributed by atoms with E-state index in [-0.39, 0.29) is 23.2 Å². The molecule has 0 unspecified atom stereocenters. The van der Waals surface area contributed by atoms with E-state index in [0.717, 1.165) is 10.4 Å². The molecule has 7 heteroatoms. The van der Waals surface area contributed by atoms with Gasteiger partial charge in [0, 0.05) is 22.5 Å². The Morgan fingerprint density at radius 3 is 2.19 bits per heavy atom. The maximum atomic E-state index is 12.9. The van der Waals surface area contributed by atoms with Crippen molar-refractivity contribution < 1.29 is 12.8 Å². The molecular formula is C20H16N2O3S2. The van der Waals surface area contributed by atoms with Crippen LogP contribution in [-0.2, 0) is 16.6 Å². The Morgan fingerprint density at radius 2 is 1.56 bits per heavy atom. The molecule has 0 aliphatic heterocycles. The van der Waals surface area contributed by atoms with Gasteiger partial charge in [-0.25, -0.2) is 13.1 Å². The SMILES string of the molecule is O=S(=O)(NCc1cccs1)c1nc(-c2ccccc2)oc1-c1ccccc1. The van der Waals surface area contributed by atoms with Crippen LogP contribution in [-0.4, -0.2) is 13.4 Å². The molecule has 136 valence electrons. The summed E-state index contributed by atoms with van der Waals surface area (Å²) >= 11 is 1.49. The van der Waals surface area contributed by atoms with E-state index < -0.39 is 10.0 Å². The second-order valence-corrected chi connectivity index (χ2v) is 8.50. The molecule has 2 heterocycles. The Bertz CT molecular complexity index is 1120. The van der Waals surface area contributed by atoms with Crippen LogP contribution in [0.5, 0.6) is 0 Å². The van der Waals surface area contributed by atoms with Crippen molar-refractivity contribution in [3.63, 3.8) is 0 Å². The van der Waals surface area contributed by atoms with Crippen LogP contribution in [0.15, 0.2) is 87.6 Å². The van der Waals surface area contributed by atoms with Gasteiger partial charge in [-0.3, -0.25) is 0 Å². The second-order valence-electron chi connectivity index (χ2n) is 5.79. The van der Waals surface area contributed by atoms with Crippen LogP contribution < -0.4 is 4.72 Å². The van der Waals surface area contributed by atoms with E-state index in [1.54, 1.807) is 12.1 Å². The summed E-state index contributed by atoms with van der Waals surface area (Å²) in [5, 5.41) is 1.80. The van der Waals surface area contributed by atoms with E-state index in [1.807, 2.05) is 66.0 Å². The molecule has 0 atom stereocenters. The maximum absolute atomic E-state index is 12.9. The Balaban J connectivity index is 1.77. The molecule has 0 amide bonds. The molecule has 4 aromatic rings. The highest BCUT2D eigenvalue weighted by atomic mass is 32.2. The zero-order valence-electron chi connectivity index (χ0n) is 14.2. The fourth-order valence-electron chi connectivity index (χ4n) is 2.61. The molecule has 0 aliphatic carbocycles. The highest BCUT2D eigenvalue weighted by Gasteiger charge is 2.27. The van der Waals surface area contributed by atoms with Gasteiger partial charge in [0.05, 0.1) is 0 Å². The average Bonchev–Trinajstić information content (AvgIpc) is 3.38. The van der Waals surface area contributed by atoms with Gasteiger partial charge in [0.1, 0.15) is 0 Å². The molecule has 0 spiro atoms. The standard InChI is InChI=1S/C20H16N2O3S2/c23-27(24,21-14-17-12-7-13-26-17)20-18(15-8-3-1-4-9-15)25-19(22-20)16-10-5-2-6-11-16/h1-13,21H,14H2. The number of oxazole rings is 1. The summed E-state index contributed by atoms with van der Waals surface area (Å²) in [5.74, 6) is 0.499. The zero-order chi connectivity index (χ0) is 18.7. The third kappa shape index (κ3) is 3.85. The van der Waals surface area contributed by atoms with E-state index in [1.165, 1.54) is 11.3 Å². The minimum atomic E-state index is -3.85. The smallest absolute Gasteiger partial charge is 0.262 e. The van der Waals surface area contributed by atoms with Crippen molar-refractivity contribution in [2.45, 2.75) is 11.6 Å². The van der Waals surface area contributed by atoms with Crippen LogP contribution in [0.25, 0.3) is 22.8 Å². The molecule has 27 heavy (non-hydrogen) atoms. The lowest BCUT2D eigenvalue weighted by Gasteiger charge is -2.04. The van der Waals surface area contributed by atoms with Crippen LogP contribution in [0.1, 0.15) is 4.88 Å². The van der Waals surface area contributed by atoms with Crippen LogP contribution in [0.3, 0.4) is 0 Å². The monoisotopic (exact) mass is 396 g/mol. The molecule has 0 radical (unpaired) electrons. The number of hydrogen-bond donors (Lipinski definition) is 1. The summed E-state index contributed by atoms with van der Waals surface area (Å²) in [6.45, 7) is 0.210. The molecule has 0 bridgehead atoms. The number of hydrogen-bond acceptors (Lipinski definition) is 5. The Morgan fingerprint density at radius 1 is 0.889 bits per heavy atom. The lowest BCUT2D eigenvalue weighted by Crippen LogP contribution is -2.23. The first-order valence-electron chi connectivity index (χ1n) is 8.27. The Labute approximate surface area is 161 Å². The summed E-state index contributed by atoms with van der Waals surface area (Å²) in [6, 6.07) is 22.1. The first kappa shape index (κ1) is 17.7. The molecule has 0 saturated heterocycles. The van der Waals surface area contributed by atoms with Gasteiger partial charge >= 0.3 is 0 Å².